The zero-order chi connectivity index (χ0) is 18.0. The topological polar surface area (TPSA) is 54.9 Å². The zero-order valence-electron chi connectivity index (χ0n) is 14.2. The highest BCUT2D eigenvalue weighted by Crippen LogP contribution is 2.48. The Morgan fingerprint density at radius 1 is 1.12 bits per heavy atom. The Kier molecular flexibility index (Phi) is 4.21. The van der Waals surface area contributed by atoms with E-state index in [1.165, 1.54) is 12.1 Å². The molecule has 0 atom stereocenters. The molecule has 1 aliphatic carbocycles. The van der Waals surface area contributed by atoms with Gasteiger partial charge in [-0.25, -0.2) is 4.39 Å². The van der Waals surface area contributed by atoms with Crippen LogP contribution in [0.15, 0.2) is 67.1 Å². The third kappa shape index (κ3) is 3.20. The van der Waals surface area contributed by atoms with E-state index in [-0.39, 0.29) is 11.7 Å². The van der Waals surface area contributed by atoms with Gasteiger partial charge in [-0.15, -0.1) is 0 Å². The molecule has 1 saturated carbocycles. The summed E-state index contributed by atoms with van der Waals surface area (Å²) in [7, 11) is 0. The monoisotopic (exact) mass is 347 g/mol. The summed E-state index contributed by atoms with van der Waals surface area (Å²) in [6.07, 6.45) is 6.80. The summed E-state index contributed by atoms with van der Waals surface area (Å²) < 4.78 is 13.1. The van der Waals surface area contributed by atoms with Crippen LogP contribution in [0.4, 0.5) is 4.39 Å². The smallest absolute Gasteiger partial charge is 0.230 e. The SMILES string of the molecule is O=C(NCc1ccnc(-c2cccnc2)c1)C1(c2ccc(F)cc2)CC1. The van der Waals surface area contributed by atoms with Crippen molar-refractivity contribution in [2.75, 3.05) is 0 Å². The predicted molar refractivity (Wildman–Crippen MR) is 96.6 cm³/mol. The molecule has 1 aromatic carbocycles. The highest BCUT2D eigenvalue weighted by Gasteiger charge is 2.51. The second-order valence-corrected chi connectivity index (χ2v) is 6.56. The fraction of sp³-hybridized carbons (Fsp3) is 0.190. The van der Waals surface area contributed by atoms with Crippen LogP contribution in [-0.2, 0) is 16.8 Å². The van der Waals surface area contributed by atoms with Crippen LogP contribution in [0.2, 0.25) is 0 Å². The maximum Gasteiger partial charge on any atom is 0.230 e. The van der Waals surface area contributed by atoms with Gasteiger partial charge in [0.15, 0.2) is 0 Å². The van der Waals surface area contributed by atoms with E-state index in [0.29, 0.717) is 6.54 Å². The maximum atomic E-state index is 13.1. The molecule has 0 saturated heterocycles. The molecule has 1 aliphatic rings. The van der Waals surface area contributed by atoms with Crippen molar-refractivity contribution in [3.8, 4) is 11.3 Å². The molecule has 2 aromatic heterocycles. The largest absolute Gasteiger partial charge is 0.351 e. The van der Waals surface area contributed by atoms with E-state index in [9.17, 15) is 9.18 Å². The summed E-state index contributed by atoms with van der Waals surface area (Å²) in [4.78, 5) is 21.2. The molecule has 1 N–H and O–H groups in total. The lowest BCUT2D eigenvalue weighted by molar-refractivity contribution is -0.123. The normalized spacial score (nSPS) is 14.7. The number of aromatic nitrogens is 2. The van der Waals surface area contributed by atoms with E-state index in [4.69, 9.17) is 0 Å². The van der Waals surface area contributed by atoms with E-state index < -0.39 is 5.41 Å². The van der Waals surface area contributed by atoms with Crippen molar-refractivity contribution in [3.63, 3.8) is 0 Å². The van der Waals surface area contributed by atoms with E-state index in [0.717, 1.165) is 35.2 Å². The molecule has 0 radical (unpaired) electrons. The summed E-state index contributed by atoms with van der Waals surface area (Å²) in [5, 5.41) is 3.02. The first kappa shape index (κ1) is 16.4. The number of carbonyl (C=O) groups is 1. The van der Waals surface area contributed by atoms with Gasteiger partial charge in [0.25, 0.3) is 0 Å². The quantitative estimate of drug-likeness (QED) is 0.767. The number of nitrogens with zero attached hydrogens (tertiary/aromatic N) is 2. The molecule has 0 bridgehead atoms. The van der Waals surface area contributed by atoms with Crippen LogP contribution in [0.25, 0.3) is 11.3 Å². The van der Waals surface area contributed by atoms with Gasteiger partial charge in [-0.1, -0.05) is 12.1 Å². The summed E-state index contributed by atoms with van der Waals surface area (Å²) in [5.41, 5.74) is 3.10. The first-order valence-electron chi connectivity index (χ1n) is 8.57. The van der Waals surface area contributed by atoms with Crippen molar-refractivity contribution in [2.45, 2.75) is 24.8 Å². The molecule has 130 valence electrons. The van der Waals surface area contributed by atoms with Crippen molar-refractivity contribution in [1.29, 1.82) is 0 Å². The predicted octanol–water partition coefficient (Wildman–Crippen LogP) is 3.63. The van der Waals surface area contributed by atoms with Crippen molar-refractivity contribution in [2.24, 2.45) is 0 Å². The number of hydrogen-bond donors (Lipinski definition) is 1. The minimum atomic E-state index is -0.507. The molecule has 0 aliphatic heterocycles. The number of halogens is 1. The molecular weight excluding hydrogens is 329 g/mol. The van der Waals surface area contributed by atoms with Gasteiger partial charge in [-0.05, 0) is 60.4 Å². The van der Waals surface area contributed by atoms with Crippen LogP contribution >= 0.6 is 0 Å². The number of pyridine rings is 2. The van der Waals surface area contributed by atoms with Crippen LogP contribution < -0.4 is 5.32 Å². The Morgan fingerprint density at radius 2 is 1.92 bits per heavy atom. The Labute approximate surface area is 151 Å². The van der Waals surface area contributed by atoms with Crippen LogP contribution in [0.5, 0.6) is 0 Å². The van der Waals surface area contributed by atoms with Crippen LogP contribution in [0.1, 0.15) is 24.0 Å². The summed E-state index contributed by atoms with van der Waals surface area (Å²) in [6.45, 7) is 0.428. The molecule has 0 spiro atoms. The lowest BCUT2D eigenvalue weighted by atomic mass is 9.95. The Morgan fingerprint density at radius 3 is 2.62 bits per heavy atom. The average molecular weight is 347 g/mol. The third-order valence-electron chi connectivity index (χ3n) is 4.82. The fourth-order valence-corrected chi connectivity index (χ4v) is 3.15. The van der Waals surface area contributed by atoms with Crippen LogP contribution in [-0.4, -0.2) is 15.9 Å². The number of carbonyl (C=O) groups excluding carboxylic acids is 1. The molecule has 2 heterocycles. The average Bonchev–Trinajstić information content (AvgIpc) is 3.50. The van der Waals surface area contributed by atoms with E-state index in [2.05, 4.69) is 15.3 Å². The zero-order valence-corrected chi connectivity index (χ0v) is 14.2. The maximum absolute atomic E-state index is 13.1. The molecule has 5 heteroatoms. The summed E-state index contributed by atoms with van der Waals surface area (Å²) in [6, 6.07) is 13.9. The molecule has 1 amide bonds. The third-order valence-corrected chi connectivity index (χ3v) is 4.82. The van der Waals surface area contributed by atoms with Gasteiger partial charge in [-0.2, -0.15) is 0 Å². The van der Waals surface area contributed by atoms with Gasteiger partial charge in [-0.3, -0.25) is 14.8 Å². The Hall–Kier alpha value is -3.08. The standard InChI is InChI=1S/C21H18FN3O/c22-18-5-3-17(4-6-18)21(8-9-21)20(26)25-13-15-7-11-24-19(12-15)16-2-1-10-23-14-16/h1-7,10-12,14H,8-9,13H2,(H,25,26). The van der Waals surface area contributed by atoms with Crippen molar-refractivity contribution in [3.05, 3.63) is 84.1 Å². The highest BCUT2D eigenvalue weighted by molar-refractivity contribution is 5.91. The molecule has 3 aromatic rings. The number of benzene rings is 1. The van der Waals surface area contributed by atoms with Gasteiger partial charge in [0, 0.05) is 30.7 Å². The molecule has 0 unspecified atom stereocenters. The first-order chi connectivity index (χ1) is 12.7. The van der Waals surface area contributed by atoms with E-state index in [1.807, 2.05) is 24.3 Å². The van der Waals surface area contributed by atoms with Crippen LogP contribution in [0, 0.1) is 5.82 Å². The molecule has 4 rings (SSSR count). The lowest BCUT2D eigenvalue weighted by Crippen LogP contribution is -2.34. The summed E-state index contributed by atoms with van der Waals surface area (Å²) >= 11 is 0. The van der Waals surface area contributed by atoms with Gasteiger partial charge < -0.3 is 5.32 Å². The van der Waals surface area contributed by atoms with Crippen molar-refractivity contribution in [1.82, 2.24) is 15.3 Å². The number of nitrogens with one attached hydrogen (secondary N) is 1. The first-order valence-corrected chi connectivity index (χ1v) is 8.57. The van der Waals surface area contributed by atoms with Crippen molar-refractivity contribution >= 4 is 5.91 Å². The van der Waals surface area contributed by atoms with Crippen molar-refractivity contribution < 1.29 is 9.18 Å². The highest BCUT2D eigenvalue weighted by atomic mass is 19.1. The minimum absolute atomic E-state index is 0.0103. The fourth-order valence-electron chi connectivity index (χ4n) is 3.15. The van der Waals surface area contributed by atoms with Crippen LogP contribution in [0.3, 0.4) is 0 Å². The van der Waals surface area contributed by atoms with Gasteiger partial charge >= 0.3 is 0 Å². The summed E-state index contributed by atoms with van der Waals surface area (Å²) in [5.74, 6) is -0.298. The second-order valence-electron chi connectivity index (χ2n) is 6.56. The number of amides is 1. The minimum Gasteiger partial charge on any atom is -0.351 e. The Balaban J connectivity index is 1.46. The van der Waals surface area contributed by atoms with Gasteiger partial charge in [0.1, 0.15) is 5.82 Å². The Bertz CT molecular complexity index is 922. The number of hydrogen-bond acceptors (Lipinski definition) is 3. The second kappa shape index (κ2) is 6.67. The number of rotatable bonds is 5. The molecule has 4 nitrogen and oxygen atoms in total. The lowest BCUT2D eigenvalue weighted by Gasteiger charge is -2.16. The molecule has 26 heavy (non-hydrogen) atoms. The van der Waals surface area contributed by atoms with E-state index in [1.54, 1.807) is 30.7 Å². The molecule has 1 fully saturated rings. The molecular formula is C21H18FN3O. The van der Waals surface area contributed by atoms with Gasteiger partial charge in [0.2, 0.25) is 5.91 Å². The van der Waals surface area contributed by atoms with E-state index >= 15 is 0 Å². The van der Waals surface area contributed by atoms with Gasteiger partial charge in [0.05, 0.1) is 11.1 Å².